The highest BCUT2D eigenvalue weighted by molar-refractivity contribution is 9.11. The molecule has 0 N–H and O–H groups in total. The molecule has 110 valence electrons. The Hall–Kier alpha value is -1.25. The summed E-state index contributed by atoms with van der Waals surface area (Å²) in [5.41, 5.74) is -0.0682. The second-order valence-corrected chi connectivity index (χ2v) is 7.11. The molecule has 0 aliphatic heterocycles. The smallest absolute Gasteiger partial charge is 0.271 e. The van der Waals surface area contributed by atoms with E-state index in [4.69, 9.17) is 4.74 Å². The number of hydrogen-bond acceptors (Lipinski definition) is 5. The maximum absolute atomic E-state index is 12.0. The van der Waals surface area contributed by atoms with Gasteiger partial charge in [-0.15, -0.1) is 11.3 Å². The average Bonchev–Trinajstić information content (AvgIpc) is 2.84. The van der Waals surface area contributed by atoms with Gasteiger partial charge in [-0.1, -0.05) is 0 Å². The van der Waals surface area contributed by atoms with Crippen LogP contribution in [-0.4, -0.2) is 17.3 Å². The van der Waals surface area contributed by atoms with Crippen LogP contribution in [0.4, 0.5) is 5.69 Å². The van der Waals surface area contributed by atoms with Crippen LogP contribution in [0, 0.1) is 17.0 Å². The third-order valence-corrected chi connectivity index (χ3v) is 4.78. The van der Waals surface area contributed by atoms with Gasteiger partial charge in [0, 0.05) is 17.0 Å². The number of nitrogens with zero attached hydrogens (tertiary/aromatic N) is 1. The zero-order valence-corrected chi connectivity index (χ0v) is 14.7. The van der Waals surface area contributed by atoms with Gasteiger partial charge in [0.2, 0.25) is 5.78 Å². The SMILES string of the molecule is Cc1ccc(C(=O)COc2c(Br)cc([N+](=O)[O-])cc2Br)s1. The molecule has 0 aliphatic carbocycles. The maximum Gasteiger partial charge on any atom is 0.271 e. The molecule has 2 rings (SSSR count). The molecule has 0 aliphatic rings. The zero-order valence-electron chi connectivity index (χ0n) is 10.8. The van der Waals surface area contributed by atoms with Crippen LogP contribution in [-0.2, 0) is 0 Å². The van der Waals surface area contributed by atoms with Gasteiger partial charge in [-0.3, -0.25) is 14.9 Å². The number of ether oxygens (including phenoxy) is 1. The first kappa shape index (κ1) is 16.1. The van der Waals surface area contributed by atoms with Crippen molar-refractivity contribution >= 4 is 54.7 Å². The zero-order chi connectivity index (χ0) is 15.6. The van der Waals surface area contributed by atoms with E-state index in [0.29, 0.717) is 19.6 Å². The summed E-state index contributed by atoms with van der Waals surface area (Å²) < 4.78 is 6.30. The molecule has 0 fully saturated rings. The highest BCUT2D eigenvalue weighted by Gasteiger charge is 2.17. The third-order valence-electron chi connectivity index (χ3n) is 2.56. The van der Waals surface area contributed by atoms with Gasteiger partial charge < -0.3 is 4.74 Å². The molecule has 0 unspecified atom stereocenters. The van der Waals surface area contributed by atoms with E-state index in [-0.39, 0.29) is 18.1 Å². The fourth-order valence-electron chi connectivity index (χ4n) is 1.58. The fraction of sp³-hybridized carbons (Fsp3) is 0.154. The molecule has 0 saturated carbocycles. The van der Waals surface area contributed by atoms with Crippen molar-refractivity contribution in [1.29, 1.82) is 0 Å². The van der Waals surface area contributed by atoms with Crippen LogP contribution >= 0.6 is 43.2 Å². The van der Waals surface area contributed by atoms with Crippen molar-refractivity contribution in [1.82, 2.24) is 0 Å². The van der Waals surface area contributed by atoms with Gasteiger partial charge in [0.1, 0.15) is 5.75 Å². The average molecular weight is 435 g/mol. The number of carbonyl (C=O) groups excluding carboxylic acids is 1. The van der Waals surface area contributed by atoms with Crippen LogP contribution in [0.15, 0.2) is 33.2 Å². The normalized spacial score (nSPS) is 10.4. The van der Waals surface area contributed by atoms with Gasteiger partial charge in [0.15, 0.2) is 6.61 Å². The first-order chi connectivity index (χ1) is 9.88. The quantitative estimate of drug-likeness (QED) is 0.386. The standard InChI is InChI=1S/C13H9Br2NO4S/c1-7-2-3-12(21-7)11(17)6-20-13-9(14)4-8(16(18)19)5-10(13)15/h2-5H,6H2,1H3. The predicted octanol–water partition coefficient (Wildman–Crippen LogP) is 4.75. The predicted molar refractivity (Wildman–Crippen MR) is 87.4 cm³/mol. The summed E-state index contributed by atoms with van der Waals surface area (Å²) in [6, 6.07) is 6.29. The molecular formula is C13H9Br2NO4S. The lowest BCUT2D eigenvalue weighted by Gasteiger charge is -2.09. The third kappa shape index (κ3) is 3.90. The van der Waals surface area contributed by atoms with Crippen molar-refractivity contribution in [3.63, 3.8) is 0 Å². The van der Waals surface area contributed by atoms with Gasteiger partial charge in [-0.2, -0.15) is 0 Å². The first-order valence-corrected chi connectivity index (χ1v) is 8.14. The van der Waals surface area contributed by atoms with E-state index in [1.54, 1.807) is 6.07 Å². The summed E-state index contributed by atoms with van der Waals surface area (Å²) in [6.07, 6.45) is 0. The number of halogens is 2. The Morgan fingerprint density at radius 2 is 1.95 bits per heavy atom. The van der Waals surface area contributed by atoms with E-state index < -0.39 is 4.92 Å². The van der Waals surface area contributed by atoms with E-state index in [9.17, 15) is 14.9 Å². The Morgan fingerprint density at radius 1 is 1.33 bits per heavy atom. The number of carbonyl (C=O) groups is 1. The molecule has 0 atom stereocenters. The topological polar surface area (TPSA) is 69.4 Å². The maximum atomic E-state index is 12.0. The second kappa shape index (κ2) is 6.67. The molecule has 1 aromatic heterocycles. The Labute approximate surface area is 141 Å². The minimum absolute atomic E-state index is 0.0682. The molecule has 1 aromatic carbocycles. The number of nitro groups is 1. The van der Waals surface area contributed by atoms with Gasteiger partial charge in [-0.05, 0) is 50.9 Å². The van der Waals surface area contributed by atoms with E-state index in [2.05, 4.69) is 31.9 Å². The van der Waals surface area contributed by atoms with Gasteiger partial charge in [-0.25, -0.2) is 0 Å². The molecule has 0 amide bonds. The van der Waals surface area contributed by atoms with Crippen molar-refractivity contribution in [3.05, 3.63) is 53.1 Å². The number of rotatable bonds is 5. The minimum Gasteiger partial charge on any atom is -0.483 e. The number of nitro benzene ring substituents is 1. The number of aryl methyl sites for hydroxylation is 1. The van der Waals surface area contributed by atoms with Crippen LogP contribution in [0.25, 0.3) is 0 Å². The Balaban J connectivity index is 2.13. The lowest BCUT2D eigenvalue weighted by Crippen LogP contribution is -2.10. The largest absolute Gasteiger partial charge is 0.483 e. The summed E-state index contributed by atoms with van der Waals surface area (Å²) in [6.45, 7) is 1.79. The number of hydrogen-bond donors (Lipinski definition) is 0. The molecule has 2 aromatic rings. The molecular weight excluding hydrogens is 426 g/mol. The molecule has 5 nitrogen and oxygen atoms in total. The van der Waals surface area contributed by atoms with Crippen LogP contribution in [0.2, 0.25) is 0 Å². The monoisotopic (exact) mass is 433 g/mol. The number of thiophene rings is 1. The summed E-state index contributed by atoms with van der Waals surface area (Å²) in [5.74, 6) is 0.229. The highest BCUT2D eigenvalue weighted by Crippen LogP contribution is 2.37. The Morgan fingerprint density at radius 3 is 2.43 bits per heavy atom. The fourth-order valence-corrected chi connectivity index (χ4v) is 3.77. The molecule has 0 spiro atoms. The van der Waals surface area contributed by atoms with E-state index in [1.807, 2.05) is 13.0 Å². The van der Waals surface area contributed by atoms with E-state index in [1.165, 1.54) is 23.5 Å². The summed E-state index contributed by atoms with van der Waals surface area (Å²) >= 11 is 7.82. The van der Waals surface area contributed by atoms with Crippen LogP contribution < -0.4 is 4.74 Å². The van der Waals surface area contributed by atoms with Crippen molar-refractivity contribution < 1.29 is 14.5 Å². The number of ketones is 1. The molecule has 0 bridgehead atoms. The number of Topliss-reactive ketones (excluding diaryl/α,β-unsaturated/α-hetero) is 1. The molecule has 0 saturated heterocycles. The number of non-ortho nitro benzene ring substituents is 1. The summed E-state index contributed by atoms with van der Waals surface area (Å²) in [4.78, 5) is 23.9. The molecule has 21 heavy (non-hydrogen) atoms. The van der Waals surface area contributed by atoms with Gasteiger partial charge in [0.25, 0.3) is 5.69 Å². The second-order valence-electron chi connectivity index (χ2n) is 4.12. The van der Waals surface area contributed by atoms with Crippen molar-refractivity contribution in [2.75, 3.05) is 6.61 Å². The minimum atomic E-state index is -0.501. The number of benzene rings is 1. The molecule has 1 heterocycles. The first-order valence-electron chi connectivity index (χ1n) is 5.74. The highest BCUT2D eigenvalue weighted by atomic mass is 79.9. The van der Waals surface area contributed by atoms with Crippen LogP contribution in [0.3, 0.4) is 0 Å². The van der Waals surface area contributed by atoms with Crippen molar-refractivity contribution in [2.24, 2.45) is 0 Å². The summed E-state index contributed by atoms with van der Waals surface area (Å²) in [7, 11) is 0. The summed E-state index contributed by atoms with van der Waals surface area (Å²) in [5, 5.41) is 10.7. The van der Waals surface area contributed by atoms with E-state index in [0.717, 1.165) is 4.88 Å². The van der Waals surface area contributed by atoms with Gasteiger partial charge in [0.05, 0.1) is 18.7 Å². The van der Waals surface area contributed by atoms with Crippen LogP contribution in [0.1, 0.15) is 14.5 Å². The van der Waals surface area contributed by atoms with Gasteiger partial charge >= 0.3 is 0 Å². The lowest BCUT2D eigenvalue weighted by atomic mass is 10.3. The van der Waals surface area contributed by atoms with Crippen LogP contribution in [0.5, 0.6) is 5.75 Å². The lowest BCUT2D eigenvalue weighted by molar-refractivity contribution is -0.385. The van der Waals surface area contributed by atoms with Crippen molar-refractivity contribution in [3.8, 4) is 5.75 Å². The molecule has 0 radical (unpaired) electrons. The Kier molecular flexibility index (Phi) is 5.13. The van der Waals surface area contributed by atoms with Crippen molar-refractivity contribution in [2.45, 2.75) is 6.92 Å². The Bertz CT molecular complexity index is 691. The molecule has 8 heteroatoms. The van der Waals surface area contributed by atoms with E-state index >= 15 is 0 Å².